The monoisotopic (exact) mass is 252 g/mol. The van der Waals surface area contributed by atoms with E-state index in [0.717, 1.165) is 11.1 Å². The number of aryl methyl sites for hydroxylation is 1. The quantitative estimate of drug-likeness (QED) is 0.490. The van der Waals surface area contributed by atoms with Gasteiger partial charge in [0.15, 0.2) is 0 Å². The second-order valence-corrected chi connectivity index (χ2v) is 3.92. The number of hydrogen-bond acceptors (Lipinski definition) is 5. The van der Waals surface area contributed by atoms with Gasteiger partial charge in [-0.1, -0.05) is 6.07 Å². The zero-order valence-electron chi connectivity index (χ0n) is 10.6. The Hall–Kier alpha value is -1.95. The predicted molar refractivity (Wildman–Crippen MR) is 66.3 cm³/mol. The molecule has 6 heteroatoms. The summed E-state index contributed by atoms with van der Waals surface area (Å²) < 4.78 is 4.62. The average Bonchev–Trinajstić information content (AvgIpc) is 2.35. The van der Waals surface area contributed by atoms with E-state index in [4.69, 9.17) is 0 Å². The Morgan fingerprint density at radius 2 is 2.22 bits per heavy atom. The largest absolute Gasteiger partial charge is 0.469 e. The van der Waals surface area contributed by atoms with Crippen molar-refractivity contribution in [1.82, 2.24) is 5.32 Å². The Bertz CT molecular complexity index is 459. The van der Waals surface area contributed by atoms with Crippen molar-refractivity contribution in [3.63, 3.8) is 0 Å². The fourth-order valence-corrected chi connectivity index (χ4v) is 1.78. The van der Waals surface area contributed by atoms with Gasteiger partial charge in [-0.3, -0.25) is 14.9 Å². The Balaban J connectivity index is 3.00. The summed E-state index contributed by atoms with van der Waals surface area (Å²) >= 11 is 0. The number of carbonyl (C=O) groups excluding carboxylic acids is 1. The summed E-state index contributed by atoms with van der Waals surface area (Å²) in [6, 6.07) is 4.39. The smallest absolute Gasteiger partial charge is 0.307 e. The summed E-state index contributed by atoms with van der Waals surface area (Å²) in [5.41, 5.74) is 1.67. The highest BCUT2D eigenvalue weighted by atomic mass is 16.6. The molecule has 1 aromatic rings. The summed E-state index contributed by atoms with van der Waals surface area (Å²) in [4.78, 5) is 21.5. The molecule has 0 spiro atoms. The summed E-state index contributed by atoms with van der Waals surface area (Å²) in [6.07, 6.45) is 0.186. The van der Waals surface area contributed by atoms with Crippen molar-refractivity contribution in [3.05, 3.63) is 39.4 Å². The maximum atomic E-state index is 11.3. The molecule has 0 saturated heterocycles. The number of esters is 1. The molecule has 0 aliphatic rings. The van der Waals surface area contributed by atoms with E-state index in [-0.39, 0.29) is 24.1 Å². The first kappa shape index (κ1) is 14.1. The lowest BCUT2D eigenvalue weighted by Gasteiger charge is -2.17. The van der Waals surface area contributed by atoms with Crippen LogP contribution in [-0.2, 0) is 9.53 Å². The van der Waals surface area contributed by atoms with E-state index in [1.807, 2.05) is 0 Å². The van der Waals surface area contributed by atoms with Crippen LogP contribution >= 0.6 is 0 Å². The Labute approximate surface area is 105 Å². The molecular formula is C12H16N2O4. The normalized spacial score (nSPS) is 11.9. The van der Waals surface area contributed by atoms with Gasteiger partial charge in [0.2, 0.25) is 0 Å². The maximum absolute atomic E-state index is 11.3. The number of nitro benzene ring substituents is 1. The van der Waals surface area contributed by atoms with E-state index in [1.165, 1.54) is 19.2 Å². The second-order valence-electron chi connectivity index (χ2n) is 3.92. The number of nitrogens with one attached hydrogen (secondary N) is 1. The molecule has 0 aliphatic carbocycles. The van der Waals surface area contributed by atoms with Crippen molar-refractivity contribution in [3.8, 4) is 0 Å². The lowest BCUT2D eigenvalue weighted by atomic mass is 9.98. The average molecular weight is 252 g/mol. The standard InChI is InChI=1S/C12H16N2O4/c1-8-6-9(14(16)17)4-5-10(8)11(13-2)7-12(15)18-3/h4-6,11,13H,7H2,1-3H3. The molecule has 1 rings (SSSR count). The fourth-order valence-electron chi connectivity index (χ4n) is 1.78. The molecule has 0 bridgehead atoms. The molecular weight excluding hydrogens is 236 g/mol. The van der Waals surface area contributed by atoms with Gasteiger partial charge in [-0.15, -0.1) is 0 Å². The third-order valence-corrected chi connectivity index (χ3v) is 2.79. The predicted octanol–water partition coefficient (Wildman–Crippen LogP) is 1.73. The molecule has 0 aliphatic heterocycles. The van der Waals surface area contributed by atoms with Crippen LogP contribution < -0.4 is 5.32 Å². The summed E-state index contributed by atoms with van der Waals surface area (Å²) in [5, 5.41) is 13.6. The van der Waals surface area contributed by atoms with Gasteiger partial charge in [0.25, 0.3) is 5.69 Å². The summed E-state index contributed by atoms with van der Waals surface area (Å²) in [5.74, 6) is -0.327. The van der Waals surface area contributed by atoms with Gasteiger partial charge in [0, 0.05) is 18.2 Å². The Morgan fingerprint density at radius 1 is 1.56 bits per heavy atom. The minimum absolute atomic E-state index is 0.0455. The van der Waals surface area contributed by atoms with E-state index in [9.17, 15) is 14.9 Å². The van der Waals surface area contributed by atoms with Gasteiger partial charge in [0.05, 0.1) is 18.5 Å². The van der Waals surface area contributed by atoms with Gasteiger partial charge in [-0.2, -0.15) is 0 Å². The van der Waals surface area contributed by atoms with Crippen LogP contribution in [0.5, 0.6) is 0 Å². The zero-order valence-corrected chi connectivity index (χ0v) is 10.6. The van der Waals surface area contributed by atoms with Crippen LogP contribution in [0.3, 0.4) is 0 Å². The van der Waals surface area contributed by atoms with Gasteiger partial charge in [-0.25, -0.2) is 0 Å². The number of hydrogen-bond donors (Lipinski definition) is 1. The van der Waals surface area contributed by atoms with E-state index >= 15 is 0 Å². The van der Waals surface area contributed by atoms with Crippen molar-refractivity contribution in [2.45, 2.75) is 19.4 Å². The molecule has 0 radical (unpaired) electrons. The van der Waals surface area contributed by atoms with Crippen LogP contribution in [0.1, 0.15) is 23.6 Å². The Morgan fingerprint density at radius 3 is 2.67 bits per heavy atom. The van der Waals surface area contributed by atoms with Crippen LogP contribution in [0.25, 0.3) is 0 Å². The molecule has 0 aromatic heterocycles. The van der Waals surface area contributed by atoms with Gasteiger partial charge >= 0.3 is 5.97 Å². The third kappa shape index (κ3) is 3.27. The molecule has 1 aromatic carbocycles. The SMILES string of the molecule is CNC(CC(=O)OC)c1ccc([N+](=O)[O-])cc1C. The van der Waals surface area contributed by atoms with Crippen molar-refractivity contribution in [2.24, 2.45) is 0 Å². The first-order valence-electron chi connectivity index (χ1n) is 5.48. The number of carbonyl (C=O) groups is 1. The highest BCUT2D eigenvalue weighted by Gasteiger charge is 2.18. The first-order valence-corrected chi connectivity index (χ1v) is 5.48. The molecule has 0 amide bonds. The maximum Gasteiger partial charge on any atom is 0.307 e. The molecule has 1 N–H and O–H groups in total. The summed E-state index contributed by atoms with van der Waals surface area (Å²) in [7, 11) is 3.06. The van der Waals surface area contributed by atoms with Crippen molar-refractivity contribution in [2.75, 3.05) is 14.2 Å². The van der Waals surface area contributed by atoms with Crippen LogP contribution in [0, 0.1) is 17.0 Å². The van der Waals surface area contributed by atoms with E-state index in [2.05, 4.69) is 10.1 Å². The summed E-state index contributed by atoms with van der Waals surface area (Å²) in [6.45, 7) is 1.78. The number of benzene rings is 1. The number of nitro groups is 1. The van der Waals surface area contributed by atoms with E-state index in [0.29, 0.717) is 0 Å². The number of rotatable bonds is 5. The van der Waals surface area contributed by atoms with Crippen LogP contribution in [0.2, 0.25) is 0 Å². The van der Waals surface area contributed by atoms with Crippen molar-refractivity contribution < 1.29 is 14.5 Å². The molecule has 6 nitrogen and oxygen atoms in total. The van der Waals surface area contributed by atoms with Crippen LogP contribution in [-0.4, -0.2) is 25.1 Å². The zero-order chi connectivity index (χ0) is 13.7. The number of non-ortho nitro benzene ring substituents is 1. The second kappa shape index (κ2) is 6.11. The highest BCUT2D eigenvalue weighted by Crippen LogP contribution is 2.24. The number of ether oxygens (including phenoxy) is 1. The molecule has 1 unspecified atom stereocenters. The van der Waals surface area contributed by atoms with Gasteiger partial charge < -0.3 is 10.1 Å². The van der Waals surface area contributed by atoms with Crippen molar-refractivity contribution in [1.29, 1.82) is 0 Å². The minimum Gasteiger partial charge on any atom is -0.469 e. The van der Waals surface area contributed by atoms with Gasteiger partial charge in [-0.05, 0) is 25.1 Å². The topological polar surface area (TPSA) is 81.5 Å². The Kier molecular flexibility index (Phi) is 4.79. The first-order chi connectivity index (χ1) is 8.49. The molecule has 98 valence electrons. The third-order valence-electron chi connectivity index (χ3n) is 2.79. The number of methoxy groups -OCH3 is 1. The van der Waals surface area contributed by atoms with Crippen molar-refractivity contribution >= 4 is 11.7 Å². The molecule has 0 heterocycles. The lowest BCUT2D eigenvalue weighted by molar-refractivity contribution is -0.384. The molecule has 0 saturated carbocycles. The van der Waals surface area contributed by atoms with Gasteiger partial charge in [0.1, 0.15) is 0 Å². The fraction of sp³-hybridized carbons (Fsp3) is 0.417. The minimum atomic E-state index is -0.439. The lowest BCUT2D eigenvalue weighted by Crippen LogP contribution is -2.21. The highest BCUT2D eigenvalue weighted by molar-refractivity contribution is 5.70. The van der Waals surface area contributed by atoms with Crippen LogP contribution in [0.15, 0.2) is 18.2 Å². The number of nitrogens with zero attached hydrogens (tertiary/aromatic N) is 1. The molecule has 0 fully saturated rings. The molecule has 18 heavy (non-hydrogen) atoms. The van der Waals surface area contributed by atoms with E-state index < -0.39 is 4.92 Å². The van der Waals surface area contributed by atoms with E-state index in [1.54, 1.807) is 20.0 Å². The molecule has 1 atom stereocenters. The van der Waals surface area contributed by atoms with Crippen LogP contribution in [0.4, 0.5) is 5.69 Å².